The predicted octanol–water partition coefficient (Wildman–Crippen LogP) is 1.40. The van der Waals surface area contributed by atoms with Crippen LogP contribution in [0.1, 0.15) is 46.0 Å². The Hall–Kier alpha value is -1.30. The lowest BCUT2D eigenvalue weighted by molar-refractivity contribution is -0.141. The van der Waals surface area contributed by atoms with Crippen LogP contribution in [0.25, 0.3) is 0 Å². The molecule has 1 aliphatic heterocycles. The molecule has 0 saturated carbocycles. The quantitative estimate of drug-likeness (QED) is 0.687. The van der Waals surface area contributed by atoms with Gasteiger partial charge in [0, 0.05) is 25.2 Å². The van der Waals surface area contributed by atoms with Crippen molar-refractivity contribution in [3.8, 4) is 0 Å². The molecule has 0 aromatic rings. The summed E-state index contributed by atoms with van der Waals surface area (Å²) in [5.74, 6) is -1.08. The molecule has 1 saturated heterocycles. The molecule has 0 bridgehead atoms. The second-order valence-electron chi connectivity index (χ2n) is 5.87. The van der Waals surface area contributed by atoms with Crippen molar-refractivity contribution in [2.45, 2.75) is 58.0 Å². The minimum absolute atomic E-state index is 0.0565. The number of aliphatic carboxylic acids is 1. The Morgan fingerprint density at radius 1 is 1.40 bits per heavy atom. The number of carbonyl (C=O) groups is 2. The SMILES string of the molecule is CC(CCCC(C)C(=O)O)NC(=O)N1CCCC(N)C1. The summed E-state index contributed by atoms with van der Waals surface area (Å²) in [5.41, 5.74) is 5.86. The van der Waals surface area contributed by atoms with Crippen LogP contribution in [0.2, 0.25) is 0 Å². The Morgan fingerprint density at radius 3 is 2.70 bits per heavy atom. The Bertz CT molecular complexity index is 336. The van der Waals surface area contributed by atoms with Crippen LogP contribution in [0.4, 0.5) is 4.79 Å². The molecule has 1 fully saturated rings. The highest BCUT2D eigenvalue weighted by atomic mass is 16.4. The number of nitrogens with zero attached hydrogens (tertiary/aromatic N) is 1. The fourth-order valence-corrected chi connectivity index (χ4v) is 2.42. The maximum atomic E-state index is 12.0. The van der Waals surface area contributed by atoms with Crippen molar-refractivity contribution < 1.29 is 14.7 Å². The molecule has 6 heteroatoms. The third-order valence-electron chi connectivity index (χ3n) is 3.81. The number of hydrogen-bond donors (Lipinski definition) is 3. The first-order chi connectivity index (χ1) is 9.40. The van der Waals surface area contributed by atoms with E-state index in [0.717, 1.165) is 32.2 Å². The molecule has 4 N–H and O–H groups in total. The molecule has 1 aliphatic rings. The van der Waals surface area contributed by atoms with Gasteiger partial charge in [-0.2, -0.15) is 0 Å². The third kappa shape index (κ3) is 5.77. The lowest BCUT2D eigenvalue weighted by Gasteiger charge is -2.31. The molecule has 0 aromatic heterocycles. The molecule has 1 heterocycles. The van der Waals surface area contributed by atoms with E-state index in [1.807, 2.05) is 6.92 Å². The molecule has 20 heavy (non-hydrogen) atoms. The van der Waals surface area contributed by atoms with Gasteiger partial charge in [0.05, 0.1) is 5.92 Å². The van der Waals surface area contributed by atoms with E-state index in [9.17, 15) is 9.59 Å². The number of likely N-dealkylation sites (tertiary alicyclic amines) is 1. The van der Waals surface area contributed by atoms with Crippen LogP contribution in [-0.4, -0.2) is 47.2 Å². The van der Waals surface area contributed by atoms with Crippen LogP contribution in [0.3, 0.4) is 0 Å². The van der Waals surface area contributed by atoms with Gasteiger partial charge < -0.3 is 21.1 Å². The van der Waals surface area contributed by atoms with Gasteiger partial charge in [0.25, 0.3) is 0 Å². The molecule has 1 rings (SSSR count). The van der Waals surface area contributed by atoms with Gasteiger partial charge in [-0.3, -0.25) is 4.79 Å². The molecule has 0 radical (unpaired) electrons. The second kappa shape index (κ2) is 8.09. The van der Waals surface area contributed by atoms with Crippen LogP contribution >= 0.6 is 0 Å². The topological polar surface area (TPSA) is 95.7 Å². The molecular formula is C14H27N3O3. The minimum Gasteiger partial charge on any atom is -0.481 e. The summed E-state index contributed by atoms with van der Waals surface area (Å²) in [6.07, 6.45) is 4.17. The average molecular weight is 285 g/mol. The van der Waals surface area contributed by atoms with Gasteiger partial charge in [0.15, 0.2) is 0 Å². The van der Waals surface area contributed by atoms with Crippen molar-refractivity contribution >= 4 is 12.0 Å². The number of nitrogens with two attached hydrogens (primary N) is 1. The van der Waals surface area contributed by atoms with Gasteiger partial charge in [0.1, 0.15) is 0 Å². The van der Waals surface area contributed by atoms with Crippen LogP contribution in [-0.2, 0) is 4.79 Å². The molecule has 0 aromatic carbocycles. The number of urea groups is 1. The minimum atomic E-state index is -0.760. The van der Waals surface area contributed by atoms with Gasteiger partial charge in [-0.1, -0.05) is 13.3 Å². The highest BCUT2D eigenvalue weighted by Gasteiger charge is 2.22. The standard InChI is InChI=1S/C14H27N3O3/c1-10(13(18)19)5-3-6-11(2)16-14(20)17-8-4-7-12(15)9-17/h10-12H,3-9,15H2,1-2H3,(H,16,20)(H,18,19). The highest BCUT2D eigenvalue weighted by Crippen LogP contribution is 2.11. The number of carbonyl (C=O) groups excluding carboxylic acids is 1. The Balaban J connectivity index is 2.22. The average Bonchev–Trinajstić information content (AvgIpc) is 2.38. The van der Waals surface area contributed by atoms with E-state index in [1.165, 1.54) is 0 Å². The maximum absolute atomic E-state index is 12.0. The fourth-order valence-electron chi connectivity index (χ4n) is 2.42. The monoisotopic (exact) mass is 285 g/mol. The third-order valence-corrected chi connectivity index (χ3v) is 3.81. The smallest absolute Gasteiger partial charge is 0.317 e. The van der Waals surface area contributed by atoms with Crippen molar-refractivity contribution in [3.63, 3.8) is 0 Å². The summed E-state index contributed by atoms with van der Waals surface area (Å²) in [6.45, 7) is 5.05. The first-order valence-electron chi connectivity index (χ1n) is 7.44. The van der Waals surface area contributed by atoms with E-state index in [2.05, 4.69) is 5.32 Å². The second-order valence-corrected chi connectivity index (χ2v) is 5.87. The normalized spacial score (nSPS) is 22.1. The van der Waals surface area contributed by atoms with E-state index in [0.29, 0.717) is 13.0 Å². The Labute approximate surface area is 120 Å². The fraction of sp³-hybridized carbons (Fsp3) is 0.857. The number of carboxylic acids is 1. The van der Waals surface area contributed by atoms with Gasteiger partial charge in [-0.05, 0) is 32.6 Å². The molecule has 3 atom stereocenters. The van der Waals surface area contributed by atoms with E-state index in [-0.39, 0.29) is 24.0 Å². The lowest BCUT2D eigenvalue weighted by atomic mass is 10.0. The molecule has 0 spiro atoms. The van der Waals surface area contributed by atoms with Crippen LogP contribution < -0.4 is 11.1 Å². The van der Waals surface area contributed by atoms with Crippen LogP contribution in [0.15, 0.2) is 0 Å². The summed E-state index contributed by atoms with van der Waals surface area (Å²) >= 11 is 0. The number of nitrogens with one attached hydrogen (secondary N) is 1. The van der Waals surface area contributed by atoms with Gasteiger partial charge >= 0.3 is 12.0 Å². The first kappa shape index (κ1) is 16.8. The summed E-state index contributed by atoms with van der Waals surface area (Å²) in [5, 5.41) is 11.8. The Kier molecular flexibility index (Phi) is 6.78. The zero-order chi connectivity index (χ0) is 15.1. The zero-order valence-corrected chi connectivity index (χ0v) is 12.5. The summed E-state index contributed by atoms with van der Waals surface area (Å²) in [4.78, 5) is 24.5. The van der Waals surface area contributed by atoms with Crippen LogP contribution in [0.5, 0.6) is 0 Å². The van der Waals surface area contributed by atoms with Crippen molar-refractivity contribution in [1.82, 2.24) is 10.2 Å². The first-order valence-corrected chi connectivity index (χ1v) is 7.44. The van der Waals surface area contributed by atoms with E-state index < -0.39 is 5.97 Å². The van der Waals surface area contributed by atoms with E-state index in [1.54, 1.807) is 11.8 Å². The van der Waals surface area contributed by atoms with Crippen molar-refractivity contribution in [1.29, 1.82) is 0 Å². The number of amides is 2. The zero-order valence-electron chi connectivity index (χ0n) is 12.5. The summed E-state index contributed by atoms with van der Waals surface area (Å²) in [6, 6.07) is 0.0850. The molecule has 0 aliphatic carbocycles. The summed E-state index contributed by atoms with van der Waals surface area (Å²) < 4.78 is 0. The van der Waals surface area contributed by atoms with Gasteiger partial charge in [-0.25, -0.2) is 4.79 Å². The lowest BCUT2D eigenvalue weighted by Crippen LogP contribution is -2.51. The molecule has 3 unspecified atom stereocenters. The predicted molar refractivity (Wildman–Crippen MR) is 77.4 cm³/mol. The maximum Gasteiger partial charge on any atom is 0.317 e. The Morgan fingerprint density at radius 2 is 2.10 bits per heavy atom. The van der Waals surface area contributed by atoms with E-state index in [4.69, 9.17) is 10.8 Å². The number of piperidine rings is 1. The molecule has 116 valence electrons. The highest BCUT2D eigenvalue weighted by molar-refractivity contribution is 5.74. The molecule has 6 nitrogen and oxygen atoms in total. The van der Waals surface area contributed by atoms with Crippen molar-refractivity contribution in [2.75, 3.05) is 13.1 Å². The molecule has 2 amide bonds. The number of carboxylic acid groups (broad SMARTS) is 1. The van der Waals surface area contributed by atoms with Crippen molar-refractivity contribution in [3.05, 3.63) is 0 Å². The van der Waals surface area contributed by atoms with Gasteiger partial charge in [-0.15, -0.1) is 0 Å². The number of hydrogen-bond acceptors (Lipinski definition) is 3. The summed E-state index contributed by atoms with van der Waals surface area (Å²) in [7, 11) is 0. The largest absolute Gasteiger partial charge is 0.481 e. The van der Waals surface area contributed by atoms with E-state index >= 15 is 0 Å². The molecular weight excluding hydrogens is 258 g/mol. The van der Waals surface area contributed by atoms with Crippen molar-refractivity contribution in [2.24, 2.45) is 11.7 Å². The number of rotatable bonds is 6. The van der Waals surface area contributed by atoms with Gasteiger partial charge in [0.2, 0.25) is 0 Å². The van der Waals surface area contributed by atoms with Crippen LogP contribution in [0, 0.1) is 5.92 Å².